The molecule has 0 aromatic rings. The highest BCUT2D eigenvalue weighted by molar-refractivity contribution is 5.79. The second kappa shape index (κ2) is 8.56. The van der Waals surface area contributed by atoms with Crippen molar-refractivity contribution in [3.8, 4) is 0 Å². The van der Waals surface area contributed by atoms with Crippen molar-refractivity contribution in [1.29, 1.82) is 0 Å². The van der Waals surface area contributed by atoms with E-state index in [2.05, 4.69) is 17.6 Å². The van der Waals surface area contributed by atoms with Crippen molar-refractivity contribution in [1.82, 2.24) is 10.6 Å². The van der Waals surface area contributed by atoms with Crippen LogP contribution in [-0.4, -0.2) is 62.7 Å². The highest BCUT2D eigenvalue weighted by Gasteiger charge is 2.34. The molecule has 118 valence electrons. The Morgan fingerprint density at radius 1 is 1.50 bits per heavy atom. The third kappa shape index (κ3) is 5.75. The van der Waals surface area contributed by atoms with Gasteiger partial charge in [0.1, 0.15) is 0 Å². The Morgan fingerprint density at radius 3 is 2.90 bits per heavy atom. The first-order chi connectivity index (χ1) is 9.50. The van der Waals surface area contributed by atoms with E-state index in [1.165, 1.54) is 0 Å². The van der Waals surface area contributed by atoms with Gasteiger partial charge in [-0.25, -0.2) is 0 Å². The van der Waals surface area contributed by atoms with Gasteiger partial charge in [0.15, 0.2) is 0 Å². The summed E-state index contributed by atoms with van der Waals surface area (Å²) in [6, 6.07) is 0.0684. The van der Waals surface area contributed by atoms with Gasteiger partial charge in [-0.2, -0.15) is 0 Å². The lowest BCUT2D eigenvalue weighted by Gasteiger charge is -2.25. The standard InChI is InChI=1S/C14H28N2O4/c1-4-6-15-12-9-20-8-11(12)13(17)16-10-14(2,18)5-7-19-3/h11-12,15,18H,4-10H2,1-3H3,(H,16,17). The normalized spacial score (nSPS) is 25.4. The largest absolute Gasteiger partial charge is 0.388 e. The molecule has 1 saturated heterocycles. The molecule has 6 heteroatoms. The van der Waals surface area contributed by atoms with Gasteiger partial charge in [0.2, 0.25) is 5.91 Å². The Labute approximate surface area is 121 Å². The molecule has 0 radical (unpaired) electrons. The number of amides is 1. The Hall–Kier alpha value is -0.690. The quantitative estimate of drug-likeness (QED) is 0.552. The highest BCUT2D eigenvalue weighted by atomic mass is 16.5. The van der Waals surface area contributed by atoms with Crippen LogP contribution in [-0.2, 0) is 14.3 Å². The van der Waals surface area contributed by atoms with Crippen LogP contribution in [0.1, 0.15) is 26.7 Å². The Kier molecular flexibility index (Phi) is 7.43. The van der Waals surface area contributed by atoms with Gasteiger partial charge in [-0.3, -0.25) is 4.79 Å². The molecule has 3 N–H and O–H groups in total. The van der Waals surface area contributed by atoms with E-state index in [4.69, 9.17) is 9.47 Å². The molecule has 6 nitrogen and oxygen atoms in total. The summed E-state index contributed by atoms with van der Waals surface area (Å²) in [7, 11) is 1.59. The average molecular weight is 288 g/mol. The van der Waals surface area contributed by atoms with Crippen molar-refractivity contribution < 1.29 is 19.4 Å². The first-order valence-corrected chi connectivity index (χ1v) is 7.30. The lowest BCUT2D eigenvalue weighted by atomic mass is 10.00. The molecule has 0 bridgehead atoms. The number of carbonyl (C=O) groups excluding carboxylic acids is 1. The number of aliphatic hydroxyl groups is 1. The van der Waals surface area contributed by atoms with Crippen molar-refractivity contribution in [2.24, 2.45) is 5.92 Å². The summed E-state index contributed by atoms with van der Waals surface area (Å²) >= 11 is 0. The van der Waals surface area contributed by atoms with E-state index in [9.17, 15) is 9.90 Å². The maximum absolute atomic E-state index is 12.2. The van der Waals surface area contributed by atoms with Crippen LogP contribution in [0.5, 0.6) is 0 Å². The van der Waals surface area contributed by atoms with Gasteiger partial charge in [0.05, 0.1) is 24.7 Å². The van der Waals surface area contributed by atoms with Crippen LogP contribution in [0.2, 0.25) is 0 Å². The first-order valence-electron chi connectivity index (χ1n) is 7.30. The van der Waals surface area contributed by atoms with E-state index in [0.717, 1.165) is 13.0 Å². The monoisotopic (exact) mass is 288 g/mol. The second-order valence-corrected chi connectivity index (χ2v) is 5.66. The fourth-order valence-corrected chi connectivity index (χ4v) is 2.16. The van der Waals surface area contributed by atoms with Crippen LogP contribution in [0.15, 0.2) is 0 Å². The second-order valence-electron chi connectivity index (χ2n) is 5.66. The smallest absolute Gasteiger partial charge is 0.227 e. The first kappa shape index (κ1) is 17.4. The molecule has 20 heavy (non-hydrogen) atoms. The molecule has 0 spiro atoms. The molecule has 1 aliphatic heterocycles. The van der Waals surface area contributed by atoms with Gasteiger partial charge >= 0.3 is 0 Å². The van der Waals surface area contributed by atoms with Crippen LogP contribution in [0.3, 0.4) is 0 Å². The highest BCUT2D eigenvalue weighted by Crippen LogP contribution is 2.15. The van der Waals surface area contributed by atoms with Gasteiger partial charge in [0.25, 0.3) is 0 Å². The maximum Gasteiger partial charge on any atom is 0.227 e. The van der Waals surface area contributed by atoms with Crippen LogP contribution >= 0.6 is 0 Å². The van der Waals surface area contributed by atoms with Gasteiger partial charge in [-0.15, -0.1) is 0 Å². The minimum absolute atomic E-state index is 0.0613. The van der Waals surface area contributed by atoms with Gasteiger partial charge in [-0.05, 0) is 19.9 Å². The lowest BCUT2D eigenvalue weighted by Crippen LogP contribution is -2.48. The lowest BCUT2D eigenvalue weighted by molar-refractivity contribution is -0.126. The molecule has 0 saturated carbocycles. The molecule has 3 unspecified atom stereocenters. The van der Waals surface area contributed by atoms with Crippen molar-refractivity contribution in [2.75, 3.05) is 40.0 Å². The van der Waals surface area contributed by atoms with E-state index in [0.29, 0.717) is 26.2 Å². The van der Waals surface area contributed by atoms with E-state index in [1.807, 2.05) is 0 Å². The van der Waals surface area contributed by atoms with Crippen LogP contribution < -0.4 is 10.6 Å². The Morgan fingerprint density at radius 2 is 2.25 bits per heavy atom. The number of carbonyl (C=O) groups is 1. The van der Waals surface area contributed by atoms with E-state index in [1.54, 1.807) is 14.0 Å². The number of hydrogen-bond acceptors (Lipinski definition) is 5. The molecular formula is C14H28N2O4. The van der Waals surface area contributed by atoms with Crippen molar-refractivity contribution in [3.05, 3.63) is 0 Å². The average Bonchev–Trinajstić information content (AvgIpc) is 2.89. The summed E-state index contributed by atoms with van der Waals surface area (Å²) in [5.41, 5.74) is -0.947. The summed E-state index contributed by atoms with van der Waals surface area (Å²) in [5.74, 6) is -0.242. The zero-order valence-corrected chi connectivity index (χ0v) is 12.8. The van der Waals surface area contributed by atoms with E-state index >= 15 is 0 Å². The minimum atomic E-state index is -0.947. The topological polar surface area (TPSA) is 79.8 Å². The van der Waals surface area contributed by atoms with Gasteiger partial charge in [-0.1, -0.05) is 6.92 Å². The number of rotatable bonds is 9. The summed E-state index contributed by atoms with van der Waals surface area (Å²) < 4.78 is 10.3. The van der Waals surface area contributed by atoms with Crippen LogP contribution in [0.4, 0.5) is 0 Å². The SMILES string of the molecule is CCCNC1COCC1C(=O)NCC(C)(O)CCOC. The summed E-state index contributed by atoms with van der Waals surface area (Å²) in [6.07, 6.45) is 1.51. The Balaban J connectivity index is 2.37. The molecule has 0 aliphatic carbocycles. The number of methoxy groups -OCH3 is 1. The molecule has 1 amide bonds. The maximum atomic E-state index is 12.2. The third-order valence-electron chi connectivity index (χ3n) is 3.56. The zero-order valence-electron chi connectivity index (χ0n) is 12.8. The van der Waals surface area contributed by atoms with E-state index < -0.39 is 5.60 Å². The molecule has 1 heterocycles. The molecule has 3 atom stereocenters. The summed E-state index contributed by atoms with van der Waals surface area (Å²) in [6.45, 7) is 6.37. The van der Waals surface area contributed by atoms with Gasteiger partial charge < -0.3 is 25.2 Å². The summed E-state index contributed by atoms with van der Waals surface area (Å²) in [4.78, 5) is 12.2. The van der Waals surface area contributed by atoms with Crippen LogP contribution in [0.25, 0.3) is 0 Å². The fraction of sp³-hybridized carbons (Fsp3) is 0.929. The molecule has 0 aromatic heterocycles. The predicted molar refractivity (Wildman–Crippen MR) is 76.5 cm³/mol. The Bertz CT molecular complexity index is 297. The van der Waals surface area contributed by atoms with Crippen molar-refractivity contribution >= 4 is 5.91 Å². The predicted octanol–water partition coefficient (Wildman–Crippen LogP) is -0.0953. The third-order valence-corrected chi connectivity index (χ3v) is 3.56. The summed E-state index contributed by atoms with van der Waals surface area (Å²) in [5, 5.41) is 16.2. The molecular weight excluding hydrogens is 260 g/mol. The van der Waals surface area contributed by atoms with Crippen molar-refractivity contribution in [3.63, 3.8) is 0 Å². The minimum Gasteiger partial charge on any atom is -0.388 e. The number of hydrogen-bond donors (Lipinski definition) is 3. The van der Waals surface area contributed by atoms with Gasteiger partial charge in [0, 0.05) is 32.7 Å². The van der Waals surface area contributed by atoms with Crippen LogP contribution in [0, 0.1) is 5.92 Å². The molecule has 1 aliphatic rings. The number of nitrogens with one attached hydrogen (secondary N) is 2. The molecule has 1 fully saturated rings. The molecule has 0 aromatic carbocycles. The van der Waals surface area contributed by atoms with E-state index in [-0.39, 0.29) is 24.4 Å². The molecule has 1 rings (SSSR count). The fourth-order valence-electron chi connectivity index (χ4n) is 2.16. The zero-order chi connectivity index (χ0) is 15.0. The number of ether oxygens (including phenoxy) is 2. The van der Waals surface area contributed by atoms with Crippen molar-refractivity contribution in [2.45, 2.75) is 38.3 Å².